The molecule has 0 aliphatic heterocycles. The van der Waals surface area contributed by atoms with Crippen LogP contribution < -0.4 is 5.32 Å². The fraction of sp³-hybridized carbons (Fsp3) is 0.263. The third-order valence-corrected chi connectivity index (χ3v) is 5.02. The first-order valence-electron chi connectivity index (χ1n) is 8.56. The molecule has 1 N–H and O–H groups in total. The van der Waals surface area contributed by atoms with Crippen LogP contribution in [0.5, 0.6) is 0 Å². The molecule has 2 rings (SSSR count). The number of nitrogens with one attached hydrogen (secondary N) is 1. The number of nitro groups is 1. The summed E-state index contributed by atoms with van der Waals surface area (Å²) in [5.41, 5.74) is -0.284. The van der Waals surface area contributed by atoms with E-state index in [1.54, 1.807) is 12.1 Å². The van der Waals surface area contributed by atoms with Gasteiger partial charge in [0, 0.05) is 18.8 Å². The number of thioether (sulfide) groups is 1. The summed E-state index contributed by atoms with van der Waals surface area (Å²) in [5.74, 6) is -1.21. The van der Waals surface area contributed by atoms with Gasteiger partial charge in [0.05, 0.1) is 27.7 Å². The minimum absolute atomic E-state index is 0.0705. The molecule has 0 bridgehead atoms. The number of anilines is 1. The Morgan fingerprint density at radius 2 is 1.80 bits per heavy atom. The van der Waals surface area contributed by atoms with Crippen molar-refractivity contribution in [2.45, 2.75) is 18.0 Å². The molecule has 11 heteroatoms. The Morgan fingerprint density at radius 1 is 1.17 bits per heavy atom. The van der Waals surface area contributed by atoms with Crippen molar-refractivity contribution < 1.29 is 27.7 Å². The monoisotopic (exact) mass is 441 g/mol. The van der Waals surface area contributed by atoms with Gasteiger partial charge in [-0.2, -0.15) is 13.2 Å². The van der Waals surface area contributed by atoms with Gasteiger partial charge in [-0.1, -0.05) is 17.7 Å². The number of benzene rings is 2. The van der Waals surface area contributed by atoms with Crippen molar-refractivity contribution in [3.8, 4) is 0 Å². The molecular formula is C19H18F3N3O4S. The molecule has 7 nitrogen and oxygen atoms in total. The van der Waals surface area contributed by atoms with Gasteiger partial charge in [0.1, 0.15) is 0 Å². The first kappa shape index (κ1) is 23.2. The summed E-state index contributed by atoms with van der Waals surface area (Å²) in [6.07, 6.45) is -4.71. The van der Waals surface area contributed by atoms with E-state index in [-0.39, 0.29) is 17.2 Å². The third-order valence-electron chi connectivity index (χ3n) is 3.98. The van der Waals surface area contributed by atoms with Crippen LogP contribution in [0.15, 0.2) is 47.4 Å². The van der Waals surface area contributed by atoms with Crippen LogP contribution in [0.1, 0.15) is 11.1 Å². The lowest BCUT2D eigenvalue weighted by atomic mass is 10.2. The van der Waals surface area contributed by atoms with Crippen LogP contribution >= 0.6 is 11.8 Å². The van der Waals surface area contributed by atoms with Gasteiger partial charge >= 0.3 is 6.18 Å². The smallest absolute Gasteiger partial charge is 0.336 e. The molecule has 0 aromatic heterocycles. The highest BCUT2D eigenvalue weighted by Crippen LogP contribution is 2.36. The quantitative estimate of drug-likeness (QED) is 0.397. The number of nitro benzene ring substituents is 1. The molecule has 0 radical (unpaired) electrons. The molecular weight excluding hydrogens is 423 g/mol. The number of likely N-dealkylation sites (N-methyl/N-ethyl adjacent to an activating group) is 1. The zero-order chi connectivity index (χ0) is 22.5. The molecule has 0 aliphatic carbocycles. The second-order valence-corrected chi connectivity index (χ2v) is 7.41. The summed E-state index contributed by atoms with van der Waals surface area (Å²) in [5, 5.41) is 13.7. The zero-order valence-electron chi connectivity index (χ0n) is 16.0. The first-order valence-corrected chi connectivity index (χ1v) is 9.55. The van der Waals surface area contributed by atoms with Gasteiger partial charge in [0.25, 0.3) is 5.69 Å². The Hall–Kier alpha value is -3.08. The van der Waals surface area contributed by atoms with Crippen LogP contribution in [-0.4, -0.2) is 41.0 Å². The van der Waals surface area contributed by atoms with Crippen molar-refractivity contribution in [2.24, 2.45) is 0 Å². The maximum atomic E-state index is 12.8. The molecule has 0 aliphatic rings. The number of nitrogens with zero attached hydrogens (tertiary/aromatic N) is 2. The second-order valence-electron chi connectivity index (χ2n) is 6.39. The van der Waals surface area contributed by atoms with E-state index in [1.165, 1.54) is 7.05 Å². The van der Waals surface area contributed by atoms with Gasteiger partial charge in [-0.15, -0.1) is 11.8 Å². The van der Waals surface area contributed by atoms with E-state index >= 15 is 0 Å². The van der Waals surface area contributed by atoms with E-state index in [0.717, 1.165) is 34.4 Å². The summed E-state index contributed by atoms with van der Waals surface area (Å²) in [7, 11) is 1.39. The first-order chi connectivity index (χ1) is 14.0. The van der Waals surface area contributed by atoms with Crippen molar-refractivity contribution in [1.29, 1.82) is 0 Å². The number of carbonyl (C=O) groups excluding carboxylic acids is 2. The molecule has 30 heavy (non-hydrogen) atoms. The Bertz CT molecular complexity index is 949. The lowest BCUT2D eigenvalue weighted by Crippen LogP contribution is -2.35. The van der Waals surface area contributed by atoms with Crippen LogP contribution in [0.3, 0.4) is 0 Å². The van der Waals surface area contributed by atoms with Crippen molar-refractivity contribution >= 4 is 35.0 Å². The number of rotatable bonds is 7. The zero-order valence-corrected chi connectivity index (χ0v) is 16.8. The largest absolute Gasteiger partial charge is 0.416 e. The predicted octanol–water partition coefficient (Wildman–Crippen LogP) is 4.11. The molecule has 2 aromatic carbocycles. The molecule has 2 amide bonds. The SMILES string of the molecule is Cc1ccc(NC(=O)CN(C)C(=O)CSc2ccc(C(F)(F)F)cc2[N+](=O)[O-])cc1. The standard InChI is InChI=1S/C19H18F3N3O4S/c1-12-3-6-14(7-4-12)23-17(26)10-24(2)18(27)11-30-16-8-5-13(19(20,21)22)9-15(16)25(28)29/h3-9H,10-11H2,1-2H3,(H,23,26). The average Bonchev–Trinajstić information content (AvgIpc) is 2.66. The number of hydrogen-bond donors (Lipinski definition) is 1. The fourth-order valence-corrected chi connectivity index (χ4v) is 3.29. The molecule has 0 unspecified atom stereocenters. The second kappa shape index (κ2) is 9.61. The van der Waals surface area contributed by atoms with Crippen LogP contribution in [0.2, 0.25) is 0 Å². The fourth-order valence-electron chi connectivity index (χ4n) is 2.35. The maximum absolute atomic E-state index is 12.8. The normalized spacial score (nSPS) is 11.1. The number of alkyl halides is 3. The minimum atomic E-state index is -4.71. The van der Waals surface area contributed by atoms with Crippen molar-refractivity contribution in [2.75, 3.05) is 24.7 Å². The Morgan fingerprint density at radius 3 is 2.37 bits per heavy atom. The van der Waals surface area contributed by atoms with Crippen LogP contribution in [0.4, 0.5) is 24.5 Å². The van der Waals surface area contributed by atoms with E-state index in [4.69, 9.17) is 0 Å². The summed E-state index contributed by atoms with van der Waals surface area (Å²) in [6, 6.07) is 9.19. The maximum Gasteiger partial charge on any atom is 0.416 e. The van der Waals surface area contributed by atoms with E-state index in [9.17, 15) is 32.9 Å². The summed E-state index contributed by atoms with van der Waals surface area (Å²) in [4.78, 5) is 35.5. The highest BCUT2D eigenvalue weighted by molar-refractivity contribution is 8.00. The van der Waals surface area contributed by atoms with Gasteiger partial charge in [-0.3, -0.25) is 19.7 Å². The molecule has 0 spiro atoms. The molecule has 0 saturated carbocycles. The van der Waals surface area contributed by atoms with Gasteiger partial charge in [-0.05, 0) is 31.2 Å². The van der Waals surface area contributed by atoms with E-state index in [2.05, 4.69) is 5.32 Å². The molecule has 0 fully saturated rings. The van der Waals surface area contributed by atoms with Crippen LogP contribution in [0.25, 0.3) is 0 Å². The van der Waals surface area contributed by atoms with E-state index in [0.29, 0.717) is 11.8 Å². The highest BCUT2D eigenvalue weighted by Gasteiger charge is 2.33. The van der Waals surface area contributed by atoms with Gasteiger partial charge in [0.2, 0.25) is 11.8 Å². The van der Waals surface area contributed by atoms with E-state index < -0.39 is 34.2 Å². The number of hydrogen-bond acceptors (Lipinski definition) is 5. The topological polar surface area (TPSA) is 92.6 Å². The molecule has 0 atom stereocenters. The Labute approximate surface area is 174 Å². The number of halogens is 3. The van der Waals surface area contributed by atoms with Crippen molar-refractivity contribution in [3.63, 3.8) is 0 Å². The molecule has 2 aromatic rings. The highest BCUT2D eigenvalue weighted by atomic mass is 32.2. The van der Waals surface area contributed by atoms with Crippen molar-refractivity contribution in [3.05, 3.63) is 63.7 Å². The number of aryl methyl sites for hydroxylation is 1. The number of carbonyl (C=O) groups is 2. The lowest BCUT2D eigenvalue weighted by Gasteiger charge is -2.17. The molecule has 160 valence electrons. The van der Waals surface area contributed by atoms with Gasteiger partial charge < -0.3 is 10.2 Å². The summed E-state index contributed by atoms with van der Waals surface area (Å²) in [6.45, 7) is 1.65. The number of amides is 2. The molecule has 0 heterocycles. The lowest BCUT2D eigenvalue weighted by molar-refractivity contribution is -0.388. The van der Waals surface area contributed by atoms with Gasteiger partial charge in [-0.25, -0.2) is 0 Å². The third kappa shape index (κ3) is 6.48. The summed E-state index contributed by atoms with van der Waals surface area (Å²) >= 11 is 0.732. The van der Waals surface area contributed by atoms with Gasteiger partial charge in [0.15, 0.2) is 0 Å². The summed E-state index contributed by atoms with van der Waals surface area (Å²) < 4.78 is 38.3. The van der Waals surface area contributed by atoms with Crippen LogP contribution in [-0.2, 0) is 15.8 Å². The Balaban J connectivity index is 1.96. The predicted molar refractivity (Wildman–Crippen MR) is 106 cm³/mol. The van der Waals surface area contributed by atoms with Crippen LogP contribution in [0, 0.1) is 17.0 Å². The minimum Gasteiger partial charge on any atom is -0.336 e. The average molecular weight is 441 g/mol. The van der Waals surface area contributed by atoms with E-state index in [1.807, 2.05) is 19.1 Å². The van der Waals surface area contributed by atoms with Crippen molar-refractivity contribution in [1.82, 2.24) is 4.90 Å². The molecule has 0 saturated heterocycles. The Kier molecular flexibility index (Phi) is 7.43.